The maximum Gasteiger partial charge on any atom is 0.341 e. The number of carboxylic acids is 1. The molecule has 1 unspecified atom stereocenters. The first-order chi connectivity index (χ1) is 12.8. The molecule has 2 N–H and O–H groups in total. The van der Waals surface area contributed by atoms with Gasteiger partial charge >= 0.3 is 5.97 Å². The molecule has 1 aliphatic heterocycles. The van der Waals surface area contributed by atoms with Crippen molar-refractivity contribution in [2.24, 2.45) is 0 Å². The number of benzene rings is 1. The predicted octanol–water partition coefficient (Wildman–Crippen LogP) is 1.36. The van der Waals surface area contributed by atoms with E-state index in [1.54, 1.807) is 24.3 Å². The molecule has 0 spiro atoms. The third-order valence-electron chi connectivity index (χ3n) is 4.35. The second-order valence-corrected chi connectivity index (χ2v) is 8.53. The minimum atomic E-state index is -3.42. The van der Waals surface area contributed by atoms with Gasteiger partial charge in [-0.25, -0.2) is 13.2 Å². The fourth-order valence-electron chi connectivity index (χ4n) is 2.98. The van der Waals surface area contributed by atoms with Gasteiger partial charge in [0, 0.05) is 13.1 Å². The Labute approximate surface area is 159 Å². The van der Waals surface area contributed by atoms with E-state index in [1.165, 1.54) is 4.31 Å². The summed E-state index contributed by atoms with van der Waals surface area (Å²) in [6, 6.07) is 6.09. The summed E-state index contributed by atoms with van der Waals surface area (Å²) in [5.74, 6) is -0.923. The Morgan fingerprint density at radius 2 is 2.15 bits per heavy atom. The Hall–Kier alpha value is -2.13. The summed E-state index contributed by atoms with van der Waals surface area (Å²) in [4.78, 5) is 23.1. The summed E-state index contributed by atoms with van der Waals surface area (Å²) in [5, 5.41) is 11.4. The third kappa shape index (κ3) is 6.21. The van der Waals surface area contributed by atoms with Crippen molar-refractivity contribution in [1.82, 2.24) is 9.62 Å². The van der Waals surface area contributed by atoms with Gasteiger partial charge in [0.05, 0.1) is 5.75 Å². The van der Waals surface area contributed by atoms with Crippen molar-refractivity contribution in [2.75, 3.05) is 18.9 Å². The quantitative estimate of drug-likeness (QED) is 0.615. The van der Waals surface area contributed by atoms with Crippen molar-refractivity contribution in [3.8, 4) is 5.75 Å². The molecule has 9 heteroatoms. The van der Waals surface area contributed by atoms with E-state index in [0.29, 0.717) is 31.6 Å². The molecule has 1 amide bonds. The van der Waals surface area contributed by atoms with Gasteiger partial charge in [-0.05, 0) is 37.0 Å². The molecule has 1 aliphatic rings. The number of aliphatic carboxylic acids is 1. The lowest BCUT2D eigenvalue weighted by Crippen LogP contribution is -2.46. The molecule has 0 aromatic heterocycles. The molecule has 1 heterocycles. The van der Waals surface area contributed by atoms with Gasteiger partial charge in [-0.1, -0.05) is 25.5 Å². The molecular weight excluding hydrogens is 372 g/mol. The fraction of sp³-hybridized carbons (Fsp3) is 0.556. The highest BCUT2D eigenvalue weighted by atomic mass is 32.2. The summed E-state index contributed by atoms with van der Waals surface area (Å²) in [6.07, 6.45) is 2.54. The number of carboxylic acid groups (broad SMARTS) is 1. The molecule has 1 aromatic rings. The maximum atomic E-state index is 12.5. The molecule has 0 saturated carbocycles. The van der Waals surface area contributed by atoms with Gasteiger partial charge in [0.15, 0.2) is 6.61 Å². The highest BCUT2D eigenvalue weighted by molar-refractivity contribution is 7.89. The van der Waals surface area contributed by atoms with E-state index in [2.05, 4.69) is 5.32 Å². The van der Waals surface area contributed by atoms with Crippen molar-refractivity contribution >= 4 is 21.9 Å². The van der Waals surface area contributed by atoms with Gasteiger partial charge in [-0.15, -0.1) is 0 Å². The molecule has 8 nitrogen and oxygen atoms in total. The first kappa shape index (κ1) is 21.2. The van der Waals surface area contributed by atoms with Gasteiger partial charge < -0.3 is 15.2 Å². The molecule has 1 saturated heterocycles. The molecule has 1 fully saturated rings. The largest absolute Gasteiger partial charge is 0.482 e. The highest BCUT2D eigenvalue weighted by Crippen LogP contribution is 2.22. The first-order valence-electron chi connectivity index (χ1n) is 9.04. The zero-order valence-electron chi connectivity index (χ0n) is 15.4. The van der Waals surface area contributed by atoms with Crippen LogP contribution in [0.5, 0.6) is 5.75 Å². The SMILES string of the molecule is CCCCS(=O)(=O)N1CCCC1C(=O)NCc1cccc(OCC(=O)O)c1. The van der Waals surface area contributed by atoms with E-state index in [1.807, 2.05) is 6.92 Å². The first-order valence-corrected chi connectivity index (χ1v) is 10.6. The number of ether oxygens (including phenoxy) is 1. The van der Waals surface area contributed by atoms with E-state index in [-0.39, 0.29) is 18.2 Å². The normalized spacial score (nSPS) is 17.6. The van der Waals surface area contributed by atoms with E-state index in [4.69, 9.17) is 9.84 Å². The second kappa shape index (κ2) is 9.70. The summed E-state index contributed by atoms with van der Waals surface area (Å²) in [7, 11) is -3.42. The standard InChI is InChI=1S/C18H26N2O6S/c1-2-3-10-27(24,25)20-9-5-8-16(20)18(23)19-12-14-6-4-7-15(11-14)26-13-17(21)22/h4,6-7,11,16H,2-3,5,8-10,12-13H2,1H3,(H,19,23)(H,21,22). The van der Waals surface area contributed by atoms with Crippen LogP contribution < -0.4 is 10.1 Å². The van der Waals surface area contributed by atoms with Gasteiger partial charge in [0.2, 0.25) is 15.9 Å². The topological polar surface area (TPSA) is 113 Å². The van der Waals surface area contributed by atoms with Crippen molar-refractivity contribution in [3.05, 3.63) is 29.8 Å². The molecule has 27 heavy (non-hydrogen) atoms. The van der Waals surface area contributed by atoms with Gasteiger partial charge in [-0.2, -0.15) is 4.31 Å². The van der Waals surface area contributed by atoms with Crippen molar-refractivity contribution in [2.45, 2.75) is 45.2 Å². The van der Waals surface area contributed by atoms with E-state index in [9.17, 15) is 18.0 Å². The maximum absolute atomic E-state index is 12.5. The van der Waals surface area contributed by atoms with E-state index in [0.717, 1.165) is 12.0 Å². The average molecular weight is 398 g/mol. The summed E-state index contributed by atoms with van der Waals surface area (Å²) in [6.45, 7) is 2.07. The second-order valence-electron chi connectivity index (χ2n) is 6.49. The lowest BCUT2D eigenvalue weighted by Gasteiger charge is -2.23. The van der Waals surface area contributed by atoms with Gasteiger partial charge in [0.1, 0.15) is 11.8 Å². The van der Waals surface area contributed by atoms with Crippen LogP contribution in [0.2, 0.25) is 0 Å². The van der Waals surface area contributed by atoms with Crippen LogP contribution in [0.4, 0.5) is 0 Å². The zero-order chi connectivity index (χ0) is 19.9. The Morgan fingerprint density at radius 3 is 2.85 bits per heavy atom. The van der Waals surface area contributed by atoms with Crippen molar-refractivity contribution in [1.29, 1.82) is 0 Å². The summed E-state index contributed by atoms with van der Waals surface area (Å²) in [5.41, 5.74) is 0.740. The van der Waals surface area contributed by atoms with Crippen LogP contribution in [0.3, 0.4) is 0 Å². The minimum absolute atomic E-state index is 0.0657. The number of hydrogen-bond donors (Lipinski definition) is 2. The number of rotatable bonds is 10. The lowest BCUT2D eigenvalue weighted by molar-refractivity contribution is -0.139. The average Bonchev–Trinajstić information content (AvgIpc) is 3.14. The van der Waals surface area contributed by atoms with E-state index >= 15 is 0 Å². The van der Waals surface area contributed by atoms with Crippen LogP contribution in [0.15, 0.2) is 24.3 Å². The number of carbonyl (C=O) groups excluding carboxylic acids is 1. The Kier molecular flexibility index (Phi) is 7.61. The molecule has 2 rings (SSSR count). The molecule has 150 valence electrons. The number of nitrogens with one attached hydrogen (secondary N) is 1. The molecule has 0 radical (unpaired) electrons. The van der Waals surface area contributed by atoms with Crippen LogP contribution >= 0.6 is 0 Å². The predicted molar refractivity (Wildman–Crippen MR) is 99.8 cm³/mol. The molecule has 0 bridgehead atoms. The smallest absolute Gasteiger partial charge is 0.341 e. The number of nitrogens with zero attached hydrogens (tertiary/aromatic N) is 1. The Morgan fingerprint density at radius 1 is 1.37 bits per heavy atom. The van der Waals surface area contributed by atoms with Crippen LogP contribution in [0.1, 0.15) is 38.2 Å². The number of hydrogen-bond acceptors (Lipinski definition) is 5. The van der Waals surface area contributed by atoms with Crippen LogP contribution in [0.25, 0.3) is 0 Å². The van der Waals surface area contributed by atoms with Crippen LogP contribution in [0, 0.1) is 0 Å². The number of amides is 1. The Bertz CT molecular complexity index is 765. The third-order valence-corrected chi connectivity index (χ3v) is 6.30. The fourth-order valence-corrected chi connectivity index (χ4v) is 4.86. The molecule has 1 aromatic carbocycles. The molecular formula is C18H26N2O6S. The zero-order valence-corrected chi connectivity index (χ0v) is 16.2. The molecule has 0 aliphatic carbocycles. The van der Waals surface area contributed by atoms with E-state index < -0.39 is 28.6 Å². The summed E-state index contributed by atoms with van der Waals surface area (Å²) < 4.78 is 31.3. The van der Waals surface area contributed by atoms with Gasteiger partial charge in [0.25, 0.3) is 0 Å². The minimum Gasteiger partial charge on any atom is -0.482 e. The van der Waals surface area contributed by atoms with Crippen molar-refractivity contribution < 1.29 is 27.9 Å². The van der Waals surface area contributed by atoms with Crippen molar-refractivity contribution in [3.63, 3.8) is 0 Å². The summed E-state index contributed by atoms with van der Waals surface area (Å²) >= 11 is 0. The lowest BCUT2D eigenvalue weighted by atomic mass is 10.2. The number of unbranched alkanes of at least 4 members (excludes halogenated alkanes) is 1. The monoisotopic (exact) mass is 398 g/mol. The van der Waals surface area contributed by atoms with Crippen LogP contribution in [-0.2, 0) is 26.2 Å². The van der Waals surface area contributed by atoms with Gasteiger partial charge in [-0.3, -0.25) is 4.79 Å². The highest BCUT2D eigenvalue weighted by Gasteiger charge is 2.37. The molecule has 1 atom stereocenters. The Balaban J connectivity index is 1.95. The van der Waals surface area contributed by atoms with Crippen LogP contribution in [-0.4, -0.2) is 54.7 Å². The number of carbonyl (C=O) groups is 2. The number of sulfonamides is 1.